The molecule has 0 saturated carbocycles. The average Bonchev–Trinajstić information content (AvgIpc) is 3.49. The van der Waals surface area contributed by atoms with E-state index in [0.717, 1.165) is 35.7 Å². The molecule has 50 heavy (non-hydrogen) atoms. The fourth-order valence-corrected chi connectivity index (χ4v) is 5.37. The van der Waals surface area contributed by atoms with Gasteiger partial charge in [0, 0.05) is 69.0 Å². The molecule has 0 aliphatic carbocycles. The van der Waals surface area contributed by atoms with E-state index in [0.29, 0.717) is 19.5 Å². The summed E-state index contributed by atoms with van der Waals surface area (Å²) in [6.45, 7) is 2.96. The minimum Gasteiger partial charge on any atom is -0.481 e. The lowest BCUT2D eigenvalue weighted by atomic mass is 10.0. The Hall–Kier alpha value is -4.50. The Bertz CT molecular complexity index is 1380. The third-order valence-electron chi connectivity index (χ3n) is 8.22. The largest absolute Gasteiger partial charge is 0.481 e. The van der Waals surface area contributed by atoms with Gasteiger partial charge in [-0.1, -0.05) is 63.6 Å². The van der Waals surface area contributed by atoms with Crippen LogP contribution in [-0.2, 0) is 35.2 Å². The number of aromatic nitrogens is 1. The Balaban J connectivity index is 1.86. The van der Waals surface area contributed by atoms with Gasteiger partial charge in [-0.15, -0.1) is 0 Å². The van der Waals surface area contributed by atoms with Crippen molar-refractivity contribution in [2.24, 2.45) is 5.73 Å². The zero-order chi connectivity index (χ0) is 36.7. The molecule has 0 spiro atoms. The molecule has 15 nitrogen and oxygen atoms in total. The molecule has 0 radical (unpaired) electrons. The highest BCUT2D eigenvalue weighted by Crippen LogP contribution is 2.19. The maximum absolute atomic E-state index is 13.3. The molecular weight excluding hydrogens is 646 g/mol. The third kappa shape index (κ3) is 16.7. The summed E-state index contributed by atoms with van der Waals surface area (Å²) in [6.07, 6.45) is 9.85. The van der Waals surface area contributed by atoms with Crippen LogP contribution in [0.3, 0.4) is 0 Å². The second-order valence-corrected chi connectivity index (χ2v) is 12.4. The van der Waals surface area contributed by atoms with E-state index < -0.39 is 47.8 Å². The number of rotatable bonds is 27. The van der Waals surface area contributed by atoms with Gasteiger partial charge in [-0.3, -0.25) is 24.0 Å². The molecule has 0 saturated heterocycles. The van der Waals surface area contributed by atoms with E-state index in [9.17, 15) is 33.9 Å². The van der Waals surface area contributed by atoms with Crippen LogP contribution < -0.4 is 32.3 Å². The summed E-state index contributed by atoms with van der Waals surface area (Å²) in [5.41, 5.74) is 7.76. The van der Waals surface area contributed by atoms with Crippen molar-refractivity contribution in [3.05, 3.63) is 36.0 Å². The van der Waals surface area contributed by atoms with Gasteiger partial charge in [0.2, 0.25) is 23.6 Å². The molecule has 2 aromatic rings. The Morgan fingerprint density at radius 2 is 1.46 bits per heavy atom. The molecule has 0 aliphatic rings. The van der Waals surface area contributed by atoms with Crippen molar-refractivity contribution in [3.8, 4) is 0 Å². The van der Waals surface area contributed by atoms with Gasteiger partial charge in [-0.25, -0.2) is 4.79 Å². The number of nitrogens with one attached hydrogen (secondary N) is 6. The highest BCUT2D eigenvalue weighted by molar-refractivity contribution is 5.91. The highest BCUT2D eigenvalue weighted by Gasteiger charge is 2.26. The lowest BCUT2D eigenvalue weighted by molar-refractivity contribution is -0.142. The normalized spacial score (nSPS) is 12.8. The van der Waals surface area contributed by atoms with E-state index in [1.165, 1.54) is 25.7 Å². The van der Waals surface area contributed by atoms with Crippen LogP contribution in [0.2, 0.25) is 0 Å². The Morgan fingerprint density at radius 3 is 2.18 bits per heavy atom. The van der Waals surface area contributed by atoms with E-state index in [4.69, 9.17) is 10.8 Å². The van der Waals surface area contributed by atoms with Gasteiger partial charge >= 0.3 is 11.9 Å². The van der Waals surface area contributed by atoms with Crippen molar-refractivity contribution < 1.29 is 39.0 Å². The maximum atomic E-state index is 13.3. The monoisotopic (exact) mass is 701 g/mol. The van der Waals surface area contributed by atoms with Crippen molar-refractivity contribution in [2.75, 3.05) is 26.2 Å². The third-order valence-corrected chi connectivity index (χ3v) is 8.22. The van der Waals surface area contributed by atoms with Crippen molar-refractivity contribution in [2.45, 2.75) is 109 Å². The second kappa shape index (κ2) is 23.8. The molecule has 1 aromatic heterocycles. The summed E-state index contributed by atoms with van der Waals surface area (Å²) in [5, 5.41) is 32.8. The zero-order valence-electron chi connectivity index (χ0n) is 29.1. The average molecular weight is 702 g/mol. The van der Waals surface area contributed by atoms with E-state index in [1.54, 1.807) is 6.20 Å². The van der Waals surface area contributed by atoms with E-state index in [2.05, 4.69) is 38.5 Å². The number of carboxylic acids is 2. The van der Waals surface area contributed by atoms with Gasteiger partial charge in [0.25, 0.3) is 0 Å². The van der Waals surface area contributed by atoms with E-state index in [1.807, 2.05) is 24.3 Å². The number of aromatic amines is 1. The van der Waals surface area contributed by atoms with Gasteiger partial charge in [0.05, 0.1) is 6.04 Å². The molecule has 278 valence electrons. The Labute approximate surface area is 293 Å². The van der Waals surface area contributed by atoms with Crippen LogP contribution in [0.25, 0.3) is 10.9 Å². The van der Waals surface area contributed by atoms with Gasteiger partial charge < -0.3 is 47.5 Å². The van der Waals surface area contributed by atoms with Crippen molar-refractivity contribution in [3.63, 3.8) is 0 Å². The highest BCUT2D eigenvalue weighted by atomic mass is 16.4. The summed E-state index contributed by atoms with van der Waals surface area (Å²) in [7, 11) is 0. The smallest absolute Gasteiger partial charge is 0.326 e. The van der Waals surface area contributed by atoms with E-state index >= 15 is 0 Å². The number of carboxylic acid groups (broad SMARTS) is 2. The number of H-pyrrole nitrogens is 1. The molecule has 1 heterocycles. The molecule has 4 amide bonds. The molecule has 3 atom stereocenters. The maximum Gasteiger partial charge on any atom is 0.326 e. The summed E-state index contributed by atoms with van der Waals surface area (Å²) < 4.78 is 0. The van der Waals surface area contributed by atoms with Crippen LogP contribution in [0.1, 0.15) is 89.5 Å². The number of amides is 4. The first-order chi connectivity index (χ1) is 24.0. The standard InChI is InChI=1S/C35H55N7O8/c1-2-3-4-5-6-7-8-14-30(43)38-20-19-37-23-26(36)33(47)42-29(21-24-22-40-27-13-10-9-12-25(24)27)34(48)39-18-17-28(35(49)50)41-31(44)15-11-16-32(45)46/h9-10,12-13,22,26,28-29,37,40H,2-8,11,14-21,23,36H2,1H3,(H,38,43)(H,39,48)(H,41,44)(H,42,47)(H,45,46)(H,49,50)/t26-,28+,29+/m0/s1. The van der Waals surface area contributed by atoms with Crippen LogP contribution in [0.5, 0.6) is 0 Å². The number of para-hydroxylation sites is 1. The predicted octanol–water partition coefficient (Wildman–Crippen LogP) is 1.70. The topological polar surface area (TPSA) is 245 Å². The van der Waals surface area contributed by atoms with Crippen molar-refractivity contribution in [1.82, 2.24) is 31.6 Å². The SMILES string of the molecule is CCCCCCCCCC(=O)NCCNC[C@H](N)C(=O)N[C@H](Cc1c[nH]c2ccccc12)C(=O)NCC[C@@H](NC(=O)CCCC(=O)O)C(=O)O. The minimum absolute atomic E-state index is 0.0127. The first kappa shape index (κ1) is 41.7. The van der Waals surface area contributed by atoms with Crippen LogP contribution in [0, 0.1) is 0 Å². The quantitative estimate of drug-likeness (QED) is 0.0610. The van der Waals surface area contributed by atoms with Gasteiger partial charge in [0.1, 0.15) is 12.1 Å². The second-order valence-electron chi connectivity index (χ2n) is 12.4. The number of nitrogens with two attached hydrogens (primary N) is 1. The molecule has 10 N–H and O–H groups in total. The first-order valence-electron chi connectivity index (χ1n) is 17.6. The number of hydrogen-bond acceptors (Lipinski definition) is 8. The van der Waals surface area contributed by atoms with Crippen molar-refractivity contribution in [1.29, 1.82) is 0 Å². The zero-order valence-corrected chi connectivity index (χ0v) is 29.1. The Morgan fingerprint density at radius 1 is 0.760 bits per heavy atom. The number of aliphatic carboxylic acids is 2. The number of benzene rings is 1. The number of carbonyl (C=O) groups excluding carboxylic acids is 4. The van der Waals surface area contributed by atoms with Crippen LogP contribution >= 0.6 is 0 Å². The van der Waals surface area contributed by atoms with Crippen LogP contribution in [0.4, 0.5) is 0 Å². The summed E-state index contributed by atoms with van der Waals surface area (Å²) >= 11 is 0. The lowest BCUT2D eigenvalue weighted by Crippen LogP contribution is -2.55. The van der Waals surface area contributed by atoms with Crippen LogP contribution in [0.15, 0.2) is 30.5 Å². The minimum atomic E-state index is -1.31. The summed E-state index contributed by atoms with van der Waals surface area (Å²) in [4.78, 5) is 76.1. The molecule has 0 aliphatic heterocycles. The fraction of sp³-hybridized carbons (Fsp3) is 0.600. The molecule has 2 rings (SSSR count). The molecule has 0 bridgehead atoms. The number of carbonyl (C=O) groups is 6. The number of unbranched alkanes of at least 4 members (excludes halogenated alkanes) is 6. The first-order valence-corrected chi connectivity index (χ1v) is 17.6. The number of fused-ring (bicyclic) bond motifs is 1. The number of hydrogen-bond donors (Lipinski definition) is 9. The van der Waals surface area contributed by atoms with Gasteiger partial charge in [0.15, 0.2) is 0 Å². The molecule has 0 unspecified atom stereocenters. The molecule has 0 fully saturated rings. The van der Waals surface area contributed by atoms with Gasteiger partial charge in [-0.05, 0) is 30.9 Å². The van der Waals surface area contributed by atoms with E-state index in [-0.39, 0.29) is 51.1 Å². The van der Waals surface area contributed by atoms with Gasteiger partial charge in [-0.2, -0.15) is 0 Å². The fourth-order valence-electron chi connectivity index (χ4n) is 5.37. The van der Waals surface area contributed by atoms with Crippen molar-refractivity contribution >= 4 is 46.5 Å². The predicted molar refractivity (Wildman–Crippen MR) is 189 cm³/mol. The lowest BCUT2D eigenvalue weighted by Gasteiger charge is -2.22. The summed E-state index contributed by atoms with van der Waals surface area (Å²) in [6, 6.07) is 4.14. The molecular formula is C35H55N7O8. The summed E-state index contributed by atoms with van der Waals surface area (Å²) in [5.74, 6) is -4.12. The Kier molecular flexibility index (Phi) is 19.8. The molecule has 15 heteroatoms. The molecule has 1 aromatic carbocycles. The van der Waals surface area contributed by atoms with Crippen LogP contribution in [-0.4, -0.2) is 95.1 Å².